The second kappa shape index (κ2) is 8.18. The van der Waals surface area contributed by atoms with Crippen molar-refractivity contribution >= 4 is 17.2 Å². The van der Waals surface area contributed by atoms with Gasteiger partial charge in [0.15, 0.2) is 0 Å². The van der Waals surface area contributed by atoms with Gasteiger partial charge in [-0.05, 0) is 51.7 Å². The summed E-state index contributed by atoms with van der Waals surface area (Å²) >= 11 is 4.82. The maximum Gasteiger partial charge on any atom is 0.0727 e. The molecule has 0 aromatic heterocycles. The van der Waals surface area contributed by atoms with E-state index in [1.807, 2.05) is 0 Å². The minimum atomic E-state index is 0.648. The summed E-state index contributed by atoms with van der Waals surface area (Å²) in [6.07, 6.45) is 4.51. The van der Waals surface area contributed by atoms with Crippen molar-refractivity contribution in [3.05, 3.63) is 0 Å². The number of hydrogen-bond donors (Lipinski definition) is 1. The van der Waals surface area contributed by atoms with Gasteiger partial charge in [-0.3, -0.25) is 0 Å². The molecule has 0 saturated heterocycles. The molecule has 0 atom stereocenters. The molecule has 0 heterocycles. The van der Waals surface area contributed by atoms with Gasteiger partial charge in [0.05, 0.1) is 4.99 Å². The third-order valence-corrected chi connectivity index (χ3v) is 2.51. The number of hydrogen-bond acceptors (Lipinski definition) is 2. The fraction of sp³-hybridized carbons (Fsp3) is 0.909. The lowest BCUT2D eigenvalue weighted by atomic mass is 10.1. The fourth-order valence-corrected chi connectivity index (χ4v) is 1.42. The summed E-state index contributed by atoms with van der Waals surface area (Å²) in [6, 6.07) is 0. The van der Waals surface area contributed by atoms with Crippen LogP contribution in [-0.4, -0.2) is 30.0 Å². The zero-order valence-corrected chi connectivity index (χ0v) is 10.6. The van der Waals surface area contributed by atoms with E-state index < -0.39 is 0 Å². The Hall–Kier alpha value is -0.150. The Morgan fingerprint density at radius 2 is 1.93 bits per heavy atom. The molecular formula is C11H24N2S. The Morgan fingerprint density at radius 1 is 1.29 bits per heavy atom. The second-order valence-corrected chi connectivity index (χ2v) is 4.93. The van der Waals surface area contributed by atoms with E-state index in [1.165, 1.54) is 19.4 Å². The molecule has 0 aliphatic carbocycles. The Balaban J connectivity index is 3.26. The Bertz CT molecular complexity index is 157. The highest BCUT2D eigenvalue weighted by atomic mass is 32.1. The monoisotopic (exact) mass is 216 g/mol. The summed E-state index contributed by atoms with van der Waals surface area (Å²) in [5.41, 5.74) is 5.43. The fourth-order valence-electron chi connectivity index (χ4n) is 1.27. The number of rotatable bonds is 8. The van der Waals surface area contributed by atoms with Gasteiger partial charge in [-0.15, -0.1) is 0 Å². The minimum Gasteiger partial charge on any atom is -0.393 e. The molecule has 2 N–H and O–H groups in total. The molecule has 0 saturated carbocycles. The van der Waals surface area contributed by atoms with Gasteiger partial charge in [-0.25, -0.2) is 0 Å². The molecule has 14 heavy (non-hydrogen) atoms. The standard InChI is InChI=1S/C11H24N2S/c1-10(2)7-9-13(3)8-5-4-6-11(12)14/h10H,4-9H2,1-3H3,(H2,12,14). The molecule has 0 aliphatic heterocycles. The van der Waals surface area contributed by atoms with Gasteiger partial charge in [0, 0.05) is 0 Å². The van der Waals surface area contributed by atoms with Crippen molar-refractivity contribution in [3.8, 4) is 0 Å². The van der Waals surface area contributed by atoms with Gasteiger partial charge < -0.3 is 10.6 Å². The van der Waals surface area contributed by atoms with Crippen LogP contribution in [0.15, 0.2) is 0 Å². The zero-order chi connectivity index (χ0) is 11.0. The number of thiocarbonyl (C=S) groups is 1. The summed E-state index contributed by atoms with van der Waals surface area (Å²) in [6.45, 7) is 6.89. The molecule has 3 heteroatoms. The smallest absolute Gasteiger partial charge is 0.0727 e. The normalized spacial score (nSPS) is 11.2. The van der Waals surface area contributed by atoms with Gasteiger partial charge >= 0.3 is 0 Å². The van der Waals surface area contributed by atoms with E-state index in [1.54, 1.807) is 0 Å². The third-order valence-electron chi connectivity index (χ3n) is 2.30. The van der Waals surface area contributed by atoms with Gasteiger partial charge in [-0.1, -0.05) is 26.1 Å². The van der Waals surface area contributed by atoms with Crippen LogP contribution in [0.2, 0.25) is 0 Å². The first-order chi connectivity index (χ1) is 6.52. The molecule has 0 rings (SSSR count). The first-order valence-corrected chi connectivity index (χ1v) is 5.90. The van der Waals surface area contributed by atoms with Crippen molar-refractivity contribution in [2.45, 2.75) is 39.5 Å². The van der Waals surface area contributed by atoms with E-state index in [2.05, 4.69) is 25.8 Å². The summed E-state index contributed by atoms with van der Waals surface area (Å²) in [7, 11) is 2.18. The zero-order valence-electron chi connectivity index (χ0n) is 9.75. The Morgan fingerprint density at radius 3 is 2.43 bits per heavy atom. The van der Waals surface area contributed by atoms with Crippen LogP contribution in [0.4, 0.5) is 0 Å². The Labute approximate surface area is 93.8 Å². The van der Waals surface area contributed by atoms with Gasteiger partial charge in [0.2, 0.25) is 0 Å². The highest BCUT2D eigenvalue weighted by Gasteiger charge is 2.00. The van der Waals surface area contributed by atoms with Crippen molar-refractivity contribution in [2.24, 2.45) is 11.7 Å². The van der Waals surface area contributed by atoms with Gasteiger partial charge in [-0.2, -0.15) is 0 Å². The topological polar surface area (TPSA) is 29.3 Å². The van der Waals surface area contributed by atoms with Crippen molar-refractivity contribution in [2.75, 3.05) is 20.1 Å². The molecular weight excluding hydrogens is 192 g/mol. The van der Waals surface area contributed by atoms with Crippen LogP contribution >= 0.6 is 12.2 Å². The molecule has 0 aliphatic rings. The lowest BCUT2D eigenvalue weighted by Crippen LogP contribution is -2.22. The van der Waals surface area contributed by atoms with Crippen molar-refractivity contribution in [3.63, 3.8) is 0 Å². The minimum absolute atomic E-state index is 0.648. The predicted molar refractivity (Wildman–Crippen MR) is 67.6 cm³/mol. The van der Waals surface area contributed by atoms with Crippen molar-refractivity contribution in [1.29, 1.82) is 0 Å². The predicted octanol–water partition coefficient (Wildman–Crippen LogP) is 2.42. The molecule has 2 nitrogen and oxygen atoms in total. The van der Waals surface area contributed by atoms with Crippen LogP contribution in [0.3, 0.4) is 0 Å². The summed E-state index contributed by atoms with van der Waals surface area (Å²) in [5, 5.41) is 0. The van der Waals surface area contributed by atoms with E-state index in [0.29, 0.717) is 4.99 Å². The quantitative estimate of drug-likeness (QED) is 0.499. The van der Waals surface area contributed by atoms with Crippen molar-refractivity contribution in [1.82, 2.24) is 4.90 Å². The first-order valence-electron chi connectivity index (χ1n) is 5.49. The SMILES string of the molecule is CC(C)CCN(C)CCCCC(N)=S. The molecule has 0 aromatic carbocycles. The van der Waals surface area contributed by atoms with Crippen LogP contribution in [0.1, 0.15) is 39.5 Å². The number of unbranched alkanes of at least 4 members (excludes halogenated alkanes) is 1. The maximum absolute atomic E-state index is 5.43. The molecule has 0 spiro atoms. The van der Waals surface area contributed by atoms with E-state index in [9.17, 15) is 0 Å². The lowest BCUT2D eigenvalue weighted by Gasteiger charge is -2.17. The van der Waals surface area contributed by atoms with Gasteiger partial charge in [0.1, 0.15) is 0 Å². The second-order valence-electron chi connectivity index (χ2n) is 4.41. The van der Waals surface area contributed by atoms with Crippen molar-refractivity contribution < 1.29 is 0 Å². The molecule has 0 bridgehead atoms. The molecule has 0 radical (unpaired) electrons. The van der Waals surface area contributed by atoms with E-state index in [4.69, 9.17) is 18.0 Å². The van der Waals surface area contributed by atoms with Crippen LogP contribution in [0.25, 0.3) is 0 Å². The molecule has 84 valence electrons. The molecule has 0 amide bonds. The lowest BCUT2D eigenvalue weighted by molar-refractivity contribution is 0.305. The maximum atomic E-state index is 5.43. The number of nitrogens with zero attached hydrogens (tertiary/aromatic N) is 1. The average molecular weight is 216 g/mol. The highest BCUT2D eigenvalue weighted by molar-refractivity contribution is 7.80. The summed E-state index contributed by atoms with van der Waals surface area (Å²) in [4.78, 5) is 3.04. The summed E-state index contributed by atoms with van der Waals surface area (Å²) < 4.78 is 0. The van der Waals surface area contributed by atoms with E-state index >= 15 is 0 Å². The average Bonchev–Trinajstić information content (AvgIpc) is 2.08. The molecule has 0 aromatic rings. The highest BCUT2D eigenvalue weighted by Crippen LogP contribution is 2.02. The molecule has 0 fully saturated rings. The summed E-state index contributed by atoms with van der Waals surface area (Å²) in [5.74, 6) is 0.800. The van der Waals surface area contributed by atoms with Gasteiger partial charge in [0.25, 0.3) is 0 Å². The number of nitrogens with two attached hydrogens (primary N) is 1. The van der Waals surface area contributed by atoms with Crippen LogP contribution in [0, 0.1) is 5.92 Å². The molecule has 0 unspecified atom stereocenters. The van der Waals surface area contributed by atoms with E-state index in [-0.39, 0.29) is 0 Å². The van der Waals surface area contributed by atoms with Crippen LogP contribution in [-0.2, 0) is 0 Å². The van der Waals surface area contributed by atoms with E-state index in [0.717, 1.165) is 25.3 Å². The van der Waals surface area contributed by atoms with Crippen LogP contribution < -0.4 is 5.73 Å². The third kappa shape index (κ3) is 9.93. The Kier molecular flexibility index (Phi) is 8.09. The van der Waals surface area contributed by atoms with Crippen LogP contribution in [0.5, 0.6) is 0 Å². The largest absolute Gasteiger partial charge is 0.393 e. The first kappa shape index (κ1) is 13.8.